The summed E-state index contributed by atoms with van der Waals surface area (Å²) in [6.45, 7) is 20.2. The maximum absolute atomic E-state index is 14.8. The molecule has 2 aliphatic heterocycles. The Bertz CT molecular complexity index is 2930. The van der Waals surface area contributed by atoms with Gasteiger partial charge < -0.3 is 34.3 Å². The Morgan fingerprint density at radius 3 is 1.51 bits per heavy atom. The summed E-state index contributed by atoms with van der Waals surface area (Å²) in [5, 5.41) is 36.7. The predicted octanol–water partition coefficient (Wildman–Crippen LogP) is 10.0. The van der Waals surface area contributed by atoms with E-state index in [4.69, 9.17) is 25.4 Å². The van der Waals surface area contributed by atoms with Crippen molar-refractivity contribution in [2.45, 2.75) is 134 Å². The number of carbonyl (C=O) groups excluding carboxylic acids is 2. The molecule has 2 aromatic carbocycles. The number of halogens is 7. The molecule has 0 saturated carbocycles. The van der Waals surface area contributed by atoms with Crippen LogP contribution in [0.2, 0.25) is 36.3 Å². The van der Waals surface area contributed by atoms with Gasteiger partial charge in [0, 0.05) is 38.4 Å². The van der Waals surface area contributed by atoms with Gasteiger partial charge in [-0.25, -0.2) is 8.78 Å². The van der Waals surface area contributed by atoms with Gasteiger partial charge in [0.15, 0.2) is 8.32 Å². The van der Waals surface area contributed by atoms with Gasteiger partial charge in [0.25, 0.3) is 11.8 Å². The zero-order chi connectivity index (χ0) is 57.5. The maximum atomic E-state index is 14.8. The number of carbonyl (C=O) groups is 2. The van der Waals surface area contributed by atoms with Gasteiger partial charge in [-0.15, -0.1) is 0 Å². The van der Waals surface area contributed by atoms with Crippen LogP contribution in [-0.4, -0.2) is 93.5 Å². The van der Waals surface area contributed by atoms with Crippen molar-refractivity contribution in [2.75, 3.05) is 26.4 Å². The average Bonchev–Trinajstić information content (AvgIpc) is 3.94. The van der Waals surface area contributed by atoms with Gasteiger partial charge in [-0.3, -0.25) is 19.0 Å². The monoisotopic (exact) mass is 1250 g/mol. The van der Waals surface area contributed by atoms with E-state index in [-0.39, 0.29) is 70.6 Å². The first kappa shape index (κ1) is 64.1. The molecule has 0 spiro atoms. The number of aliphatic hydroxyl groups is 1. The molecule has 0 bridgehead atoms. The highest BCUT2D eigenvalue weighted by Crippen LogP contribution is 2.41. The second-order valence-corrected chi connectivity index (χ2v) is 34.4. The molecule has 2 saturated heterocycles. The Balaban J connectivity index is 0.000000265. The number of benzene rings is 2. The van der Waals surface area contributed by atoms with Crippen molar-refractivity contribution in [1.29, 1.82) is 10.5 Å². The minimum Gasteiger partial charge on any atom is -0.413 e. The molecule has 17 nitrogen and oxygen atoms in total. The lowest BCUT2D eigenvalue weighted by molar-refractivity contribution is -0.0505. The lowest BCUT2D eigenvalue weighted by atomic mass is 9.97. The Kier molecular flexibility index (Phi) is 21.6. The van der Waals surface area contributed by atoms with E-state index in [2.05, 4.69) is 91.9 Å². The van der Waals surface area contributed by atoms with E-state index in [1.807, 2.05) is 6.07 Å². The molecule has 0 aliphatic carbocycles. The summed E-state index contributed by atoms with van der Waals surface area (Å²) in [5.74, 6) is -2.74. The van der Waals surface area contributed by atoms with E-state index in [0.29, 0.717) is 77.4 Å². The summed E-state index contributed by atoms with van der Waals surface area (Å²) >= 11 is 6.44. The second-order valence-electron chi connectivity index (χ2n) is 21.4. The summed E-state index contributed by atoms with van der Waals surface area (Å²) in [6.07, 6.45) is 4.64. The quantitative estimate of drug-likeness (QED) is 0.0604. The number of primary amides is 2. The number of alkyl halides is 3. The maximum Gasteiger partial charge on any atom is 0.522 e. The third-order valence-electron chi connectivity index (χ3n) is 13.9. The summed E-state index contributed by atoms with van der Waals surface area (Å²) in [4.78, 5) is 24.0. The molecule has 2 fully saturated rings. The highest BCUT2D eigenvalue weighted by Gasteiger charge is 2.53. The van der Waals surface area contributed by atoms with Crippen molar-refractivity contribution in [3.63, 3.8) is 0 Å². The molecule has 76 heavy (non-hydrogen) atoms. The minimum absolute atomic E-state index is 0.0307. The van der Waals surface area contributed by atoms with Crippen molar-refractivity contribution in [1.82, 2.24) is 19.6 Å². The molecular weight excluding hydrogens is 1190 g/mol. The molecule has 5 N–H and O–H groups in total. The van der Waals surface area contributed by atoms with E-state index < -0.39 is 60.7 Å². The highest BCUT2D eigenvalue weighted by atomic mass is 79.9. The third kappa shape index (κ3) is 16.1. The van der Waals surface area contributed by atoms with Gasteiger partial charge in [0.05, 0.1) is 93.9 Å². The van der Waals surface area contributed by atoms with Gasteiger partial charge in [-0.2, -0.15) is 42.3 Å². The molecule has 4 atom stereocenters. The van der Waals surface area contributed by atoms with Crippen LogP contribution < -0.4 is 11.5 Å². The Labute approximate surface area is 459 Å². The number of rotatable bonds is 14. The number of aliphatic hydroxyl groups excluding tert-OH is 1. The first-order valence-corrected chi connectivity index (χ1v) is 32.7. The van der Waals surface area contributed by atoms with Crippen LogP contribution in [-0.2, 0) is 53.9 Å². The van der Waals surface area contributed by atoms with Gasteiger partial charge >= 0.3 is 15.6 Å². The summed E-state index contributed by atoms with van der Waals surface area (Å²) in [7, 11) is -10.5. The van der Waals surface area contributed by atoms with Crippen LogP contribution in [0, 0.1) is 46.1 Å². The number of hydrogen-bond donors (Lipinski definition) is 3. The van der Waals surface area contributed by atoms with E-state index >= 15 is 0 Å². The lowest BCUT2D eigenvalue weighted by Crippen LogP contribution is -2.45. The standard InChI is InChI=1S/C24H32BrFN4O3Si.C18H18BrFN4O3.C7H15F3O3SSi/c1-24(2,3)34(4,5)33-13-17-8-15(9-19(26)22(17)25)10-20-18(23(28)31)12-30(29-20)21-14-32-7-6-16(21)11-27;19-17-12(8-25)3-10(4-14(17)20)5-15-13(18(22)26)7-24(23-15)16-9-27-2-1-11(16)6-21;1-6(2,3)15(4,5)13-14(11,12)7(8,9)10/h8-9,12,16,21H,6-7,10,13-14H2,1-5H3,(H2,28,31);3-4,7,11,16,25H,1-2,5,8-9H2,(H2,22,26);1-5H3/t16-,21?;11-,16?;/m11./s1. The van der Waals surface area contributed by atoms with Gasteiger partial charge in [0.1, 0.15) is 11.6 Å². The van der Waals surface area contributed by atoms with Crippen LogP contribution in [0.4, 0.5) is 22.0 Å². The van der Waals surface area contributed by atoms with Crippen molar-refractivity contribution in [3.05, 3.63) is 102 Å². The van der Waals surface area contributed by atoms with Gasteiger partial charge in [-0.1, -0.05) is 53.7 Å². The zero-order valence-corrected chi connectivity index (χ0v) is 49.9. The molecule has 6 rings (SSSR count). The molecule has 418 valence electrons. The predicted molar refractivity (Wildman–Crippen MR) is 284 cm³/mol. The molecule has 2 aromatic heterocycles. The van der Waals surface area contributed by atoms with Crippen LogP contribution in [0.1, 0.15) is 121 Å². The molecule has 4 heterocycles. The van der Waals surface area contributed by atoms with Crippen LogP contribution >= 0.6 is 31.9 Å². The molecular formula is C49H65Br2F5N8O9SSi2. The molecule has 4 aromatic rings. The van der Waals surface area contributed by atoms with Crippen molar-refractivity contribution < 1.29 is 62.8 Å². The van der Waals surface area contributed by atoms with Crippen LogP contribution in [0.15, 0.2) is 45.6 Å². The SMILES string of the molecule is CC(C)(C)[Si](C)(C)OCc1cc(Cc2nn(C3COCC[C@@H]3C#N)cc2C(N)=O)cc(F)c1Br.CC(C)(C)[Si](C)(C)OS(=O)(=O)C(F)(F)F.N#C[C@H]1CCOCC1n1cc(C(N)=O)c(Cc2cc(F)c(Br)c(CO)c2)n1. The topological polar surface area (TPSA) is 261 Å². The second kappa shape index (κ2) is 25.6. The number of ether oxygens (including phenoxy) is 2. The fraction of sp³-hybridized carbons (Fsp3) is 0.551. The van der Waals surface area contributed by atoms with Crippen LogP contribution in [0.5, 0.6) is 0 Å². The van der Waals surface area contributed by atoms with E-state index in [0.717, 1.165) is 0 Å². The zero-order valence-electron chi connectivity index (χ0n) is 43.9. The highest BCUT2D eigenvalue weighted by molar-refractivity contribution is 9.10. The number of aromatic nitrogens is 4. The largest absolute Gasteiger partial charge is 0.522 e. The summed E-state index contributed by atoms with van der Waals surface area (Å²) in [5.41, 5.74) is 9.33. The normalized spacial score (nSPS) is 18.6. The van der Waals surface area contributed by atoms with E-state index in [1.165, 1.54) is 31.4 Å². The van der Waals surface area contributed by atoms with Crippen molar-refractivity contribution >= 4 is 70.4 Å². The summed E-state index contributed by atoms with van der Waals surface area (Å²) < 4.78 is 112. The Morgan fingerprint density at radius 1 is 0.763 bits per heavy atom. The molecule has 0 radical (unpaired) electrons. The lowest BCUT2D eigenvalue weighted by Gasteiger charge is -2.36. The third-order valence-corrected chi connectivity index (χ3v) is 26.8. The number of hydrogen-bond acceptors (Lipinski definition) is 13. The smallest absolute Gasteiger partial charge is 0.413 e. The first-order valence-electron chi connectivity index (χ1n) is 23.9. The van der Waals surface area contributed by atoms with Crippen molar-refractivity contribution in [2.24, 2.45) is 23.3 Å². The van der Waals surface area contributed by atoms with Crippen LogP contribution in [0.25, 0.3) is 0 Å². The molecule has 2 unspecified atom stereocenters. The van der Waals surface area contributed by atoms with E-state index in [9.17, 15) is 55.6 Å². The fourth-order valence-electron chi connectivity index (χ4n) is 7.29. The van der Waals surface area contributed by atoms with E-state index in [1.54, 1.807) is 42.4 Å². The van der Waals surface area contributed by atoms with Gasteiger partial charge in [-0.05, 0) is 115 Å². The molecule has 27 heteroatoms. The van der Waals surface area contributed by atoms with Crippen molar-refractivity contribution in [3.8, 4) is 12.1 Å². The Hall–Kier alpha value is -4.43. The Morgan fingerprint density at radius 2 is 1.16 bits per heavy atom. The van der Waals surface area contributed by atoms with Crippen LogP contribution in [0.3, 0.4) is 0 Å². The number of nitrogens with two attached hydrogens (primary N) is 2. The number of nitriles is 2. The average molecular weight is 1250 g/mol. The molecule has 2 amide bonds. The first-order chi connectivity index (χ1) is 35.0. The molecule has 2 aliphatic rings. The fourth-order valence-corrected chi connectivity index (χ4v) is 12.5. The van der Waals surface area contributed by atoms with Gasteiger partial charge in [0.2, 0.25) is 8.32 Å². The number of amides is 2. The minimum atomic E-state index is -5.48. The summed E-state index contributed by atoms with van der Waals surface area (Å²) in [6, 6.07) is 10.2. The number of nitrogens with zero attached hydrogens (tertiary/aromatic N) is 6.